The molecule has 1 atom stereocenters. The molecule has 0 bridgehead atoms. The number of amides is 1. The summed E-state index contributed by atoms with van der Waals surface area (Å²) in [5, 5.41) is 12.1. The number of rotatable bonds is 2. The second kappa shape index (κ2) is 5.14. The van der Waals surface area contributed by atoms with E-state index in [0.29, 0.717) is 18.7 Å². The van der Waals surface area contributed by atoms with Crippen molar-refractivity contribution in [3.63, 3.8) is 0 Å². The molecule has 96 valence electrons. The fraction of sp³-hybridized carbons (Fsp3) is 0.417. The Morgan fingerprint density at radius 2 is 2.28 bits per heavy atom. The smallest absolute Gasteiger partial charge is 0.327 e. The molecule has 1 unspecified atom stereocenters. The van der Waals surface area contributed by atoms with Gasteiger partial charge in [-0.3, -0.25) is 9.78 Å². The lowest BCUT2D eigenvalue weighted by Crippen LogP contribution is -2.57. The maximum atomic E-state index is 12.3. The number of carbonyl (C=O) groups is 2. The lowest BCUT2D eigenvalue weighted by Gasteiger charge is -2.33. The number of nitrogens with one attached hydrogen (secondary N) is 1. The van der Waals surface area contributed by atoms with Crippen molar-refractivity contribution in [2.24, 2.45) is 0 Å². The van der Waals surface area contributed by atoms with Crippen LogP contribution in [0.1, 0.15) is 15.9 Å². The van der Waals surface area contributed by atoms with Crippen molar-refractivity contribution in [3.8, 4) is 0 Å². The molecule has 18 heavy (non-hydrogen) atoms. The Hall–Kier alpha value is -1.95. The standard InChI is InChI=1S/C12H15N3O3/c1-8-4-9(6-14-5-8)11(16)15-3-2-13-7-10(15)12(17)18/h4-6,10,13H,2-3,7H2,1H3,(H,17,18). The molecule has 0 aliphatic carbocycles. The number of hydrogen-bond donors (Lipinski definition) is 2. The number of nitrogens with zero attached hydrogens (tertiary/aromatic N) is 2. The van der Waals surface area contributed by atoms with Crippen molar-refractivity contribution in [2.75, 3.05) is 19.6 Å². The fourth-order valence-corrected chi connectivity index (χ4v) is 2.01. The van der Waals surface area contributed by atoms with Crippen LogP contribution >= 0.6 is 0 Å². The second-order valence-electron chi connectivity index (χ2n) is 4.31. The van der Waals surface area contributed by atoms with E-state index < -0.39 is 12.0 Å². The van der Waals surface area contributed by atoms with Gasteiger partial charge in [-0.2, -0.15) is 0 Å². The highest BCUT2D eigenvalue weighted by Crippen LogP contribution is 2.11. The zero-order valence-electron chi connectivity index (χ0n) is 10.1. The Morgan fingerprint density at radius 1 is 1.50 bits per heavy atom. The Balaban J connectivity index is 2.23. The Morgan fingerprint density at radius 3 is 2.94 bits per heavy atom. The third-order valence-corrected chi connectivity index (χ3v) is 2.91. The molecule has 2 heterocycles. The van der Waals surface area contributed by atoms with Crippen LogP contribution in [0, 0.1) is 6.92 Å². The summed E-state index contributed by atoms with van der Waals surface area (Å²) in [5.74, 6) is -1.27. The van der Waals surface area contributed by atoms with Crippen molar-refractivity contribution >= 4 is 11.9 Å². The number of carboxylic acids is 1. The van der Waals surface area contributed by atoms with Gasteiger partial charge < -0.3 is 15.3 Å². The van der Waals surface area contributed by atoms with Gasteiger partial charge >= 0.3 is 5.97 Å². The summed E-state index contributed by atoms with van der Waals surface area (Å²) in [4.78, 5) is 28.7. The molecule has 0 aromatic carbocycles. The summed E-state index contributed by atoms with van der Waals surface area (Å²) in [7, 11) is 0. The topological polar surface area (TPSA) is 82.5 Å². The molecule has 1 fully saturated rings. The van der Waals surface area contributed by atoms with Gasteiger partial charge in [0.05, 0.1) is 5.56 Å². The molecule has 0 spiro atoms. The Labute approximate surface area is 105 Å². The third kappa shape index (κ3) is 2.48. The number of hydrogen-bond acceptors (Lipinski definition) is 4. The Kier molecular flexibility index (Phi) is 3.57. The number of carboxylic acid groups (broad SMARTS) is 1. The summed E-state index contributed by atoms with van der Waals surface area (Å²) >= 11 is 0. The minimum atomic E-state index is -0.990. The molecule has 0 saturated carbocycles. The van der Waals surface area contributed by atoms with E-state index in [4.69, 9.17) is 5.11 Å². The number of pyridine rings is 1. The van der Waals surface area contributed by atoms with Crippen LogP contribution in [0.5, 0.6) is 0 Å². The fourth-order valence-electron chi connectivity index (χ4n) is 2.01. The highest BCUT2D eigenvalue weighted by molar-refractivity contribution is 5.96. The summed E-state index contributed by atoms with van der Waals surface area (Å²) in [6.07, 6.45) is 3.12. The monoisotopic (exact) mass is 249 g/mol. The van der Waals surface area contributed by atoms with Crippen LogP contribution in [0.4, 0.5) is 0 Å². The summed E-state index contributed by atoms with van der Waals surface area (Å²) in [6.45, 7) is 3.12. The number of piperazine rings is 1. The second-order valence-corrected chi connectivity index (χ2v) is 4.31. The molecule has 1 aliphatic rings. The number of aromatic nitrogens is 1. The van der Waals surface area contributed by atoms with Gasteiger partial charge in [0, 0.05) is 32.0 Å². The van der Waals surface area contributed by atoms with E-state index in [1.807, 2.05) is 6.92 Å². The molecular formula is C12H15N3O3. The first-order valence-corrected chi connectivity index (χ1v) is 5.76. The van der Waals surface area contributed by atoms with Crippen molar-refractivity contribution < 1.29 is 14.7 Å². The number of carbonyl (C=O) groups excluding carboxylic acids is 1. The maximum Gasteiger partial charge on any atom is 0.327 e. The first-order valence-electron chi connectivity index (χ1n) is 5.76. The van der Waals surface area contributed by atoms with Gasteiger partial charge in [0.25, 0.3) is 5.91 Å². The van der Waals surface area contributed by atoms with Crippen LogP contribution in [0.25, 0.3) is 0 Å². The number of aliphatic carboxylic acids is 1. The van der Waals surface area contributed by atoms with Crippen LogP contribution in [-0.4, -0.2) is 52.5 Å². The summed E-state index contributed by atoms with van der Waals surface area (Å²) < 4.78 is 0. The van der Waals surface area contributed by atoms with Crippen LogP contribution in [0.15, 0.2) is 18.5 Å². The van der Waals surface area contributed by atoms with Crippen LogP contribution in [-0.2, 0) is 4.79 Å². The molecule has 1 aromatic rings. The van der Waals surface area contributed by atoms with Crippen LogP contribution in [0.3, 0.4) is 0 Å². The van der Waals surface area contributed by atoms with Gasteiger partial charge in [-0.25, -0.2) is 4.79 Å². The SMILES string of the molecule is Cc1cncc(C(=O)N2CCNCC2C(=O)O)c1. The van der Waals surface area contributed by atoms with E-state index in [1.165, 1.54) is 11.1 Å². The predicted octanol–water partition coefficient (Wildman–Crippen LogP) is -0.111. The largest absolute Gasteiger partial charge is 0.480 e. The first-order chi connectivity index (χ1) is 8.59. The van der Waals surface area contributed by atoms with E-state index in [2.05, 4.69) is 10.3 Å². The number of aryl methyl sites for hydroxylation is 1. The van der Waals surface area contributed by atoms with Gasteiger partial charge in [0.1, 0.15) is 6.04 Å². The van der Waals surface area contributed by atoms with Crippen molar-refractivity contribution in [1.82, 2.24) is 15.2 Å². The first kappa shape index (κ1) is 12.5. The summed E-state index contributed by atoms with van der Waals surface area (Å²) in [6, 6.07) is 0.905. The van der Waals surface area contributed by atoms with E-state index in [-0.39, 0.29) is 12.5 Å². The zero-order valence-corrected chi connectivity index (χ0v) is 10.1. The van der Waals surface area contributed by atoms with Gasteiger partial charge in [0.2, 0.25) is 0 Å². The molecule has 1 amide bonds. The lowest BCUT2D eigenvalue weighted by molar-refractivity contribution is -0.142. The molecule has 1 saturated heterocycles. The molecule has 1 aromatic heterocycles. The van der Waals surface area contributed by atoms with E-state index >= 15 is 0 Å². The van der Waals surface area contributed by atoms with E-state index in [1.54, 1.807) is 12.3 Å². The molecule has 6 heteroatoms. The molecule has 0 radical (unpaired) electrons. The van der Waals surface area contributed by atoms with Gasteiger partial charge in [-0.1, -0.05) is 0 Å². The lowest BCUT2D eigenvalue weighted by atomic mass is 10.1. The molecule has 2 N–H and O–H groups in total. The average Bonchev–Trinajstić information content (AvgIpc) is 2.38. The minimum Gasteiger partial charge on any atom is -0.480 e. The molecule has 6 nitrogen and oxygen atoms in total. The predicted molar refractivity (Wildman–Crippen MR) is 64.3 cm³/mol. The van der Waals surface area contributed by atoms with Gasteiger partial charge in [-0.15, -0.1) is 0 Å². The maximum absolute atomic E-state index is 12.3. The van der Waals surface area contributed by atoms with Crippen LogP contribution < -0.4 is 5.32 Å². The normalized spacial score (nSPS) is 19.6. The minimum absolute atomic E-state index is 0.278. The molecule has 1 aliphatic heterocycles. The quantitative estimate of drug-likeness (QED) is 0.764. The third-order valence-electron chi connectivity index (χ3n) is 2.91. The van der Waals surface area contributed by atoms with Crippen molar-refractivity contribution in [1.29, 1.82) is 0 Å². The molecular weight excluding hydrogens is 234 g/mol. The molecule has 2 rings (SSSR count). The van der Waals surface area contributed by atoms with Crippen molar-refractivity contribution in [3.05, 3.63) is 29.6 Å². The highest BCUT2D eigenvalue weighted by Gasteiger charge is 2.32. The average molecular weight is 249 g/mol. The van der Waals surface area contributed by atoms with Gasteiger partial charge in [-0.05, 0) is 18.6 Å². The van der Waals surface area contributed by atoms with Gasteiger partial charge in [0.15, 0.2) is 0 Å². The zero-order chi connectivity index (χ0) is 13.1. The van der Waals surface area contributed by atoms with E-state index in [0.717, 1.165) is 5.56 Å². The Bertz CT molecular complexity index is 475. The van der Waals surface area contributed by atoms with Crippen molar-refractivity contribution in [2.45, 2.75) is 13.0 Å². The van der Waals surface area contributed by atoms with E-state index in [9.17, 15) is 9.59 Å². The highest BCUT2D eigenvalue weighted by atomic mass is 16.4. The van der Waals surface area contributed by atoms with Crippen LogP contribution in [0.2, 0.25) is 0 Å². The summed E-state index contributed by atoms with van der Waals surface area (Å²) in [5.41, 5.74) is 1.31.